The second-order valence-corrected chi connectivity index (χ2v) is 4.40. The van der Waals surface area contributed by atoms with Gasteiger partial charge in [-0.1, -0.05) is 18.2 Å². The molecule has 0 bridgehead atoms. The number of nitrogens with one attached hydrogen (secondary N) is 1. The molecule has 1 aromatic rings. The van der Waals surface area contributed by atoms with E-state index in [0.717, 1.165) is 19.5 Å². The number of carbonyl (C=O) groups is 1. The van der Waals surface area contributed by atoms with Crippen LogP contribution in [0.4, 0.5) is 0 Å². The summed E-state index contributed by atoms with van der Waals surface area (Å²) >= 11 is 0. The topological polar surface area (TPSA) is 29.1 Å². The minimum atomic E-state index is 0.271. The molecule has 2 nitrogen and oxygen atoms in total. The molecule has 88 valence electrons. The molecule has 0 spiro atoms. The Labute approximate surface area is 98.1 Å². The van der Waals surface area contributed by atoms with Crippen LogP contribution in [0, 0.1) is 13.8 Å². The zero-order valence-electron chi connectivity index (χ0n) is 10.5. The number of aryl methyl sites for hydroxylation is 2. The van der Waals surface area contributed by atoms with Gasteiger partial charge in [-0.05, 0) is 50.4 Å². The third-order valence-corrected chi connectivity index (χ3v) is 2.78. The van der Waals surface area contributed by atoms with E-state index in [9.17, 15) is 4.79 Å². The summed E-state index contributed by atoms with van der Waals surface area (Å²) in [5, 5.41) is 3.35. The van der Waals surface area contributed by atoms with Crippen molar-refractivity contribution in [3.63, 3.8) is 0 Å². The highest BCUT2D eigenvalue weighted by Gasteiger charge is 1.97. The van der Waals surface area contributed by atoms with Crippen LogP contribution >= 0.6 is 0 Å². The van der Waals surface area contributed by atoms with E-state index < -0.39 is 0 Å². The van der Waals surface area contributed by atoms with E-state index in [4.69, 9.17) is 0 Å². The number of benzene rings is 1. The smallest absolute Gasteiger partial charge is 0.129 e. The predicted molar refractivity (Wildman–Crippen MR) is 67.5 cm³/mol. The minimum Gasteiger partial charge on any atom is -0.313 e. The lowest BCUT2D eigenvalue weighted by Gasteiger charge is -2.06. The second kappa shape index (κ2) is 6.44. The maximum atomic E-state index is 10.7. The zero-order valence-corrected chi connectivity index (χ0v) is 10.5. The molecule has 0 aliphatic carbocycles. The van der Waals surface area contributed by atoms with Crippen molar-refractivity contribution in [3.8, 4) is 0 Å². The minimum absolute atomic E-state index is 0.271. The van der Waals surface area contributed by atoms with Gasteiger partial charge >= 0.3 is 0 Å². The molecular weight excluding hydrogens is 198 g/mol. The van der Waals surface area contributed by atoms with Crippen molar-refractivity contribution in [1.82, 2.24) is 5.32 Å². The van der Waals surface area contributed by atoms with Gasteiger partial charge < -0.3 is 10.1 Å². The summed E-state index contributed by atoms with van der Waals surface area (Å²) in [5.74, 6) is 0.271. The van der Waals surface area contributed by atoms with E-state index in [0.29, 0.717) is 6.42 Å². The van der Waals surface area contributed by atoms with Crippen LogP contribution in [0.5, 0.6) is 0 Å². The molecule has 0 aliphatic rings. The quantitative estimate of drug-likeness (QED) is 0.745. The summed E-state index contributed by atoms with van der Waals surface area (Å²) in [6.07, 6.45) is 1.61. The molecule has 1 aromatic carbocycles. The molecule has 0 aromatic heterocycles. The Morgan fingerprint density at radius 2 is 2.00 bits per heavy atom. The summed E-state index contributed by atoms with van der Waals surface area (Å²) in [7, 11) is 0. The van der Waals surface area contributed by atoms with Crippen LogP contribution in [0.25, 0.3) is 0 Å². The first-order chi connectivity index (χ1) is 7.59. The first kappa shape index (κ1) is 12.9. The lowest BCUT2D eigenvalue weighted by Crippen LogP contribution is -2.15. The average Bonchev–Trinajstić information content (AvgIpc) is 2.22. The molecule has 0 radical (unpaired) electrons. The van der Waals surface area contributed by atoms with Crippen molar-refractivity contribution in [2.24, 2.45) is 0 Å². The molecule has 0 fully saturated rings. The van der Waals surface area contributed by atoms with Gasteiger partial charge in [-0.3, -0.25) is 0 Å². The fourth-order valence-corrected chi connectivity index (χ4v) is 1.61. The molecule has 0 amide bonds. The van der Waals surface area contributed by atoms with Crippen molar-refractivity contribution < 1.29 is 4.79 Å². The summed E-state index contributed by atoms with van der Waals surface area (Å²) in [5.41, 5.74) is 3.98. The third kappa shape index (κ3) is 4.58. The van der Waals surface area contributed by atoms with Crippen LogP contribution in [0.1, 0.15) is 36.5 Å². The number of Topliss-reactive ketones (excluding diaryl/α,β-unsaturated/α-hetero) is 1. The second-order valence-electron chi connectivity index (χ2n) is 4.40. The van der Waals surface area contributed by atoms with E-state index >= 15 is 0 Å². The first-order valence-electron chi connectivity index (χ1n) is 5.86. The Morgan fingerprint density at radius 3 is 2.62 bits per heavy atom. The van der Waals surface area contributed by atoms with Gasteiger partial charge in [-0.2, -0.15) is 0 Å². The third-order valence-electron chi connectivity index (χ3n) is 2.78. The largest absolute Gasteiger partial charge is 0.313 e. The van der Waals surface area contributed by atoms with Crippen molar-refractivity contribution >= 4 is 5.78 Å². The maximum Gasteiger partial charge on any atom is 0.129 e. The van der Waals surface area contributed by atoms with E-state index in [2.05, 4.69) is 37.4 Å². The van der Waals surface area contributed by atoms with E-state index in [1.807, 2.05) is 0 Å². The van der Waals surface area contributed by atoms with Gasteiger partial charge in [-0.15, -0.1) is 0 Å². The fourth-order valence-electron chi connectivity index (χ4n) is 1.61. The summed E-state index contributed by atoms with van der Waals surface area (Å²) in [6.45, 7) is 7.70. The maximum absolute atomic E-state index is 10.7. The Kier molecular flexibility index (Phi) is 5.20. The van der Waals surface area contributed by atoms with Gasteiger partial charge in [0, 0.05) is 13.0 Å². The first-order valence-corrected chi connectivity index (χ1v) is 5.86. The molecule has 0 heterocycles. The monoisotopic (exact) mass is 219 g/mol. The van der Waals surface area contributed by atoms with Gasteiger partial charge in [0.25, 0.3) is 0 Å². The molecule has 1 N–H and O–H groups in total. The van der Waals surface area contributed by atoms with Gasteiger partial charge in [0.1, 0.15) is 5.78 Å². The van der Waals surface area contributed by atoms with Crippen LogP contribution in [-0.2, 0) is 11.3 Å². The Bertz CT molecular complexity index is 358. The van der Waals surface area contributed by atoms with E-state index in [1.165, 1.54) is 16.7 Å². The normalized spacial score (nSPS) is 10.4. The van der Waals surface area contributed by atoms with Crippen molar-refractivity contribution in [2.75, 3.05) is 6.54 Å². The number of hydrogen-bond acceptors (Lipinski definition) is 2. The number of ketones is 1. The Balaban J connectivity index is 2.27. The summed E-state index contributed by atoms with van der Waals surface area (Å²) in [6, 6.07) is 6.52. The molecule has 16 heavy (non-hydrogen) atoms. The molecule has 0 atom stereocenters. The van der Waals surface area contributed by atoms with Crippen LogP contribution in [0.2, 0.25) is 0 Å². The lowest BCUT2D eigenvalue weighted by molar-refractivity contribution is -0.117. The highest BCUT2D eigenvalue weighted by molar-refractivity contribution is 5.75. The van der Waals surface area contributed by atoms with Crippen molar-refractivity contribution in [2.45, 2.75) is 40.2 Å². The molecular formula is C14H21NO. The van der Waals surface area contributed by atoms with Crippen molar-refractivity contribution in [1.29, 1.82) is 0 Å². The van der Waals surface area contributed by atoms with E-state index in [-0.39, 0.29) is 5.78 Å². The van der Waals surface area contributed by atoms with Gasteiger partial charge in [0.05, 0.1) is 0 Å². The molecule has 2 heteroatoms. The molecule has 0 aliphatic heterocycles. The van der Waals surface area contributed by atoms with Gasteiger partial charge in [0.15, 0.2) is 0 Å². The van der Waals surface area contributed by atoms with Gasteiger partial charge in [-0.25, -0.2) is 0 Å². The Hall–Kier alpha value is -1.15. The highest BCUT2D eigenvalue weighted by atomic mass is 16.1. The number of rotatable bonds is 6. The van der Waals surface area contributed by atoms with Crippen LogP contribution in [0.3, 0.4) is 0 Å². The van der Waals surface area contributed by atoms with Crippen LogP contribution < -0.4 is 5.32 Å². The lowest BCUT2D eigenvalue weighted by atomic mass is 10.1. The fraction of sp³-hybridized carbons (Fsp3) is 0.500. The SMILES string of the molecule is CC(=O)CCCNCc1ccc(C)c(C)c1. The molecule has 0 saturated carbocycles. The molecule has 1 rings (SSSR count). The predicted octanol–water partition coefficient (Wildman–Crippen LogP) is 2.76. The van der Waals surface area contributed by atoms with E-state index in [1.54, 1.807) is 6.92 Å². The number of carbonyl (C=O) groups excluding carboxylic acids is 1. The standard InChI is InChI=1S/C14H21NO/c1-11-6-7-14(9-12(11)2)10-15-8-4-5-13(3)16/h6-7,9,15H,4-5,8,10H2,1-3H3. The van der Waals surface area contributed by atoms with Gasteiger partial charge in [0.2, 0.25) is 0 Å². The Morgan fingerprint density at radius 1 is 1.25 bits per heavy atom. The van der Waals surface area contributed by atoms with Crippen LogP contribution in [-0.4, -0.2) is 12.3 Å². The van der Waals surface area contributed by atoms with Crippen LogP contribution in [0.15, 0.2) is 18.2 Å². The summed E-state index contributed by atoms with van der Waals surface area (Å²) in [4.78, 5) is 10.7. The van der Waals surface area contributed by atoms with Crippen molar-refractivity contribution in [3.05, 3.63) is 34.9 Å². The summed E-state index contributed by atoms with van der Waals surface area (Å²) < 4.78 is 0. The zero-order chi connectivity index (χ0) is 12.0. The number of hydrogen-bond donors (Lipinski definition) is 1. The highest BCUT2D eigenvalue weighted by Crippen LogP contribution is 2.09. The average molecular weight is 219 g/mol. The molecule has 0 unspecified atom stereocenters. The molecule has 0 saturated heterocycles.